The normalized spacial score (nSPS) is 16.5. The number of halogens is 2. The van der Waals surface area contributed by atoms with Crippen LogP contribution in [0.1, 0.15) is 32.6 Å². The molecule has 0 bridgehead atoms. The molecule has 5 rings (SSSR count). The van der Waals surface area contributed by atoms with Crippen molar-refractivity contribution in [1.29, 1.82) is 0 Å². The highest BCUT2D eigenvalue weighted by Crippen LogP contribution is 2.43. The van der Waals surface area contributed by atoms with Crippen LogP contribution in [0.15, 0.2) is 64.8 Å². The third-order valence-corrected chi connectivity index (χ3v) is 6.80. The van der Waals surface area contributed by atoms with Crippen LogP contribution in [0.25, 0.3) is 6.08 Å². The first-order valence-electron chi connectivity index (χ1n) is 10.4. The van der Waals surface area contributed by atoms with Gasteiger partial charge >= 0.3 is 0 Å². The van der Waals surface area contributed by atoms with Gasteiger partial charge in [0, 0.05) is 33.7 Å². The Morgan fingerprint density at radius 2 is 1.91 bits per heavy atom. The Kier molecular flexibility index (Phi) is 5.80. The van der Waals surface area contributed by atoms with Gasteiger partial charge in [-0.15, -0.1) is 0 Å². The predicted octanol–water partition coefficient (Wildman–Crippen LogP) is 6.42. The molecular formula is C26H21BrClNO3. The first-order valence-corrected chi connectivity index (χ1v) is 11.6. The molecule has 3 aromatic carbocycles. The molecule has 0 N–H and O–H groups in total. The quantitative estimate of drug-likeness (QED) is 0.380. The molecule has 162 valence electrons. The van der Waals surface area contributed by atoms with Crippen molar-refractivity contribution in [3.8, 4) is 11.5 Å². The van der Waals surface area contributed by atoms with Crippen LogP contribution >= 0.6 is 27.5 Å². The van der Waals surface area contributed by atoms with E-state index in [2.05, 4.69) is 20.8 Å². The van der Waals surface area contributed by atoms with Gasteiger partial charge in [0.2, 0.25) is 5.78 Å². The molecule has 4 nitrogen and oxygen atoms in total. The number of allylic oxidation sites excluding steroid dienone is 1. The van der Waals surface area contributed by atoms with Crippen LogP contribution in [0, 0.1) is 6.92 Å². The van der Waals surface area contributed by atoms with E-state index in [1.54, 1.807) is 6.08 Å². The summed E-state index contributed by atoms with van der Waals surface area (Å²) in [4.78, 5) is 15.3. The molecule has 3 aromatic rings. The van der Waals surface area contributed by atoms with Crippen LogP contribution in [-0.4, -0.2) is 24.0 Å². The van der Waals surface area contributed by atoms with E-state index in [9.17, 15) is 4.79 Å². The number of Topliss-reactive ketones (excluding diaryl/α,β-unsaturated/α-hetero) is 1. The molecule has 32 heavy (non-hydrogen) atoms. The maximum absolute atomic E-state index is 13.1. The fourth-order valence-corrected chi connectivity index (χ4v) is 4.64. The van der Waals surface area contributed by atoms with Gasteiger partial charge in [-0.05, 0) is 54.8 Å². The monoisotopic (exact) mass is 509 g/mol. The highest BCUT2D eigenvalue weighted by Gasteiger charge is 2.33. The van der Waals surface area contributed by atoms with E-state index in [0.29, 0.717) is 23.8 Å². The van der Waals surface area contributed by atoms with Gasteiger partial charge in [-0.2, -0.15) is 0 Å². The average Bonchev–Trinajstić information content (AvgIpc) is 3.10. The Morgan fingerprint density at radius 3 is 2.69 bits per heavy atom. The number of carbonyl (C=O) groups excluding carboxylic acids is 1. The van der Waals surface area contributed by atoms with Gasteiger partial charge in [-0.25, -0.2) is 0 Å². The van der Waals surface area contributed by atoms with Gasteiger partial charge in [-0.3, -0.25) is 9.69 Å². The molecule has 2 heterocycles. The zero-order valence-electron chi connectivity index (χ0n) is 17.5. The van der Waals surface area contributed by atoms with Crippen LogP contribution in [0.5, 0.6) is 11.5 Å². The van der Waals surface area contributed by atoms with Gasteiger partial charge in [0.25, 0.3) is 0 Å². The minimum Gasteiger partial charge on any atom is -0.477 e. The summed E-state index contributed by atoms with van der Waals surface area (Å²) < 4.78 is 13.0. The van der Waals surface area contributed by atoms with Gasteiger partial charge in [-0.1, -0.05) is 57.9 Å². The standard InChI is InChI=1S/C26H21BrClNO3/c1-16-25-19(14-29(15-31-25)11-10-17-6-8-20(28)9-7-17)12-21-24(30)23(32-26(16)21)13-18-4-2-3-5-22(18)27/h2-9,12-13H,10-11,14-15H2,1H3/b23-13-. The number of fused-ring (bicyclic) bond motifs is 2. The van der Waals surface area contributed by atoms with E-state index in [4.69, 9.17) is 21.1 Å². The maximum atomic E-state index is 13.1. The summed E-state index contributed by atoms with van der Waals surface area (Å²) in [7, 11) is 0. The average molecular weight is 511 g/mol. The summed E-state index contributed by atoms with van der Waals surface area (Å²) in [5.41, 5.74) is 4.62. The van der Waals surface area contributed by atoms with Crippen molar-refractivity contribution < 1.29 is 14.3 Å². The number of benzene rings is 3. The summed E-state index contributed by atoms with van der Waals surface area (Å²) in [5.74, 6) is 1.65. The number of carbonyl (C=O) groups is 1. The number of hydrogen-bond donors (Lipinski definition) is 0. The van der Waals surface area contributed by atoms with Crippen molar-refractivity contribution in [2.75, 3.05) is 13.3 Å². The second-order valence-corrected chi connectivity index (χ2v) is 9.32. The fourth-order valence-electron chi connectivity index (χ4n) is 4.11. The lowest BCUT2D eigenvalue weighted by Gasteiger charge is -2.30. The number of rotatable bonds is 4. The van der Waals surface area contributed by atoms with Gasteiger partial charge in [0.15, 0.2) is 5.76 Å². The van der Waals surface area contributed by atoms with E-state index < -0.39 is 0 Å². The summed E-state index contributed by atoms with van der Waals surface area (Å²) in [6.07, 6.45) is 2.69. The summed E-state index contributed by atoms with van der Waals surface area (Å²) in [5, 5.41) is 0.744. The Balaban J connectivity index is 1.36. The van der Waals surface area contributed by atoms with Crippen LogP contribution in [0.2, 0.25) is 5.02 Å². The number of ketones is 1. The van der Waals surface area contributed by atoms with Crippen molar-refractivity contribution in [3.05, 3.63) is 97.7 Å². The van der Waals surface area contributed by atoms with Crippen molar-refractivity contribution in [1.82, 2.24) is 4.90 Å². The molecule has 0 radical (unpaired) electrons. The van der Waals surface area contributed by atoms with Crippen molar-refractivity contribution in [2.45, 2.75) is 19.9 Å². The smallest absolute Gasteiger partial charge is 0.231 e. The minimum absolute atomic E-state index is 0.0973. The molecule has 0 amide bonds. The Labute approximate surface area is 200 Å². The largest absolute Gasteiger partial charge is 0.477 e. The lowest BCUT2D eigenvalue weighted by Crippen LogP contribution is -2.34. The van der Waals surface area contributed by atoms with Crippen LogP contribution in [-0.2, 0) is 13.0 Å². The molecule has 2 aliphatic rings. The molecule has 0 fully saturated rings. The lowest BCUT2D eigenvalue weighted by atomic mass is 10.00. The fraction of sp³-hybridized carbons (Fsp3) is 0.192. The molecule has 0 atom stereocenters. The van der Waals surface area contributed by atoms with Crippen molar-refractivity contribution >= 4 is 39.4 Å². The Bertz CT molecular complexity index is 1240. The zero-order chi connectivity index (χ0) is 22.2. The highest BCUT2D eigenvalue weighted by molar-refractivity contribution is 9.10. The predicted molar refractivity (Wildman–Crippen MR) is 129 cm³/mol. The van der Waals surface area contributed by atoms with Crippen LogP contribution in [0.3, 0.4) is 0 Å². The molecule has 2 aliphatic heterocycles. The highest BCUT2D eigenvalue weighted by atomic mass is 79.9. The van der Waals surface area contributed by atoms with Gasteiger partial charge in [0.1, 0.15) is 18.2 Å². The first-order chi connectivity index (χ1) is 15.5. The Morgan fingerprint density at radius 1 is 1.12 bits per heavy atom. The minimum atomic E-state index is -0.0973. The SMILES string of the molecule is Cc1c2c(cc3c1O/C(=C\c1ccccc1Br)C3=O)CN(CCc1ccc(Cl)cc1)CO2. The van der Waals surface area contributed by atoms with E-state index in [-0.39, 0.29) is 5.78 Å². The van der Waals surface area contributed by atoms with E-state index in [1.807, 2.05) is 61.5 Å². The van der Waals surface area contributed by atoms with Crippen LogP contribution < -0.4 is 9.47 Å². The van der Waals surface area contributed by atoms with E-state index in [0.717, 1.165) is 51.4 Å². The Hall–Kier alpha value is -2.60. The molecule has 0 unspecified atom stereocenters. The third kappa shape index (κ3) is 4.08. The molecule has 0 saturated heterocycles. The molecule has 0 aromatic heterocycles. The second-order valence-electron chi connectivity index (χ2n) is 8.03. The van der Waals surface area contributed by atoms with Crippen LogP contribution in [0.4, 0.5) is 0 Å². The first kappa shape index (κ1) is 21.3. The molecule has 0 aliphatic carbocycles. The topological polar surface area (TPSA) is 38.8 Å². The van der Waals surface area contributed by atoms with Crippen molar-refractivity contribution in [2.24, 2.45) is 0 Å². The number of hydrogen-bond acceptors (Lipinski definition) is 4. The lowest BCUT2D eigenvalue weighted by molar-refractivity contribution is 0.0954. The number of nitrogens with zero attached hydrogens (tertiary/aromatic N) is 1. The molecule has 0 spiro atoms. The second kappa shape index (κ2) is 8.74. The van der Waals surface area contributed by atoms with Gasteiger partial charge in [0.05, 0.1) is 5.56 Å². The van der Waals surface area contributed by atoms with E-state index in [1.165, 1.54) is 5.56 Å². The third-order valence-electron chi connectivity index (χ3n) is 5.82. The van der Waals surface area contributed by atoms with Crippen molar-refractivity contribution in [3.63, 3.8) is 0 Å². The maximum Gasteiger partial charge on any atom is 0.231 e. The molecule has 6 heteroatoms. The summed E-state index contributed by atoms with van der Waals surface area (Å²) >= 11 is 9.50. The number of ether oxygens (including phenoxy) is 2. The molecular weight excluding hydrogens is 490 g/mol. The van der Waals surface area contributed by atoms with Gasteiger partial charge < -0.3 is 9.47 Å². The molecule has 0 saturated carbocycles. The zero-order valence-corrected chi connectivity index (χ0v) is 19.9. The summed E-state index contributed by atoms with van der Waals surface area (Å²) in [6.45, 7) is 4.05. The van der Waals surface area contributed by atoms with E-state index >= 15 is 0 Å². The summed E-state index contributed by atoms with van der Waals surface area (Å²) in [6, 6.07) is 17.6.